The third-order valence-corrected chi connectivity index (χ3v) is 5.51. The van der Waals surface area contributed by atoms with Crippen molar-refractivity contribution in [2.45, 2.75) is 19.8 Å². The first-order valence-electron chi connectivity index (χ1n) is 8.04. The van der Waals surface area contributed by atoms with Crippen LogP contribution in [0, 0.1) is 6.92 Å². The molecule has 0 aliphatic carbocycles. The molecule has 3 N–H and O–H groups in total. The van der Waals surface area contributed by atoms with Crippen molar-refractivity contribution in [1.82, 2.24) is 0 Å². The first kappa shape index (κ1) is 17.3. The molecule has 0 unspecified atom stereocenters. The maximum Gasteiger partial charge on any atom is 0.255 e. The topological polar surface area (TPSA) is 92.5 Å². The molecular formula is C18H21N3O3S. The molecule has 2 aromatic carbocycles. The Morgan fingerprint density at radius 1 is 1.20 bits per heavy atom. The normalized spacial score (nSPS) is 14.1. The number of carbonyl (C=O) groups is 1. The van der Waals surface area contributed by atoms with Crippen LogP contribution in [-0.2, 0) is 16.4 Å². The van der Waals surface area contributed by atoms with Crippen LogP contribution in [-0.4, -0.2) is 27.1 Å². The van der Waals surface area contributed by atoms with Gasteiger partial charge in [0.25, 0.3) is 5.91 Å². The van der Waals surface area contributed by atoms with Crippen molar-refractivity contribution < 1.29 is 13.2 Å². The van der Waals surface area contributed by atoms with Crippen LogP contribution in [0.3, 0.4) is 0 Å². The van der Waals surface area contributed by atoms with Gasteiger partial charge in [-0.25, -0.2) is 8.42 Å². The van der Waals surface area contributed by atoms with Gasteiger partial charge in [-0.2, -0.15) is 0 Å². The zero-order valence-corrected chi connectivity index (χ0v) is 15.1. The minimum absolute atomic E-state index is 0.243. The number of benzene rings is 2. The first-order valence-corrected chi connectivity index (χ1v) is 9.88. The van der Waals surface area contributed by atoms with E-state index < -0.39 is 10.0 Å². The lowest BCUT2D eigenvalue weighted by molar-refractivity contribution is 0.102. The average molecular weight is 359 g/mol. The Labute approximate surface area is 147 Å². The Bertz CT molecular complexity index is 939. The maximum absolute atomic E-state index is 12.6. The Kier molecular flexibility index (Phi) is 4.43. The van der Waals surface area contributed by atoms with E-state index >= 15 is 0 Å². The van der Waals surface area contributed by atoms with Crippen LogP contribution in [0.2, 0.25) is 0 Å². The Balaban J connectivity index is 1.89. The average Bonchev–Trinajstić information content (AvgIpc) is 2.56. The fourth-order valence-electron chi connectivity index (χ4n) is 3.02. The molecule has 1 aliphatic heterocycles. The number of fused-ring (bicyclic) bond motifs is 1. The highest BCUT2D eigenvalue weighted by Gasteiger charge is 2.24. The number of hydrogen-bond acceptors (Lipinski definition) is 4. The summed E-state index contributed by atoms with van der Waals surface area (Å²) in [7, 11) is -3.31. The van der Waals surface area contributed by atoms with E-state index in [0.29, 0.717) is 29.2 Å². The standard InChI is InChI=1S/C18H21N3O3S/c1-12-5-7-15(19)11-16(12)20-18(22)14-6-8-17-13(10-14)4-3-9-21(17)25(2,23)24/h5-8,10-11H,3-4,9,19H2,1-2H3,(H,20,22). The quantitative estimate of drug-likeness (QED) is 0.824. The molecule has 132 valence electrons. The molecule has 0 aromatic heterocycles. The highest BCUT2D eigenvalue weighted by molar-refractivity contribution is 7.92. The van der Waals surface area contributed by atoms with Crippen molar-refractivity contribution in [2.75, 3.05) is 28.2 Å². The summed E-state index contributed by atoms with van der Waals surface area (Å²) < 4.78 is 25.2. The Morgan fingerprint density at radius 3 is 2.68 bits per heavy atom. The van der Waals surface area contributed by atoms with Crippen LogP contribution in [0.5, 0.6) is 0 Å². The van der Waals surface area contributed by atoms with Crippen molar-refractivity contribution >= 4 is 33.0 Å². The zero-order valence-electron chi connectivity index (χ0n) is 14.2. The summed E-state index contributed by atoms with van der Waals surface area (Å²) in [5.74, 6) is -0.243. The van der Waals surface area contributed by atoms with E-state index in [1.54, 1.807) is 30.3 Å². The third kappa shape index (κ3) is 3.61. The second-order valence-corrected chi connectivity index (χ2v) is 8.22. The highest BCUT2D eigenvalue weighted by atomic mass is 32.2. The lowest BCUT2D eigenvalue weighted by atomic mass is 10.0. The summed E-state index contributed by atoms with van der Waals surface area (Å²) >= 11 is 0. The van der Waals surface area contributed by atoms with E-state index in [-0.39, 0.29) is 5.91 Å². The van der Waals surface area contributed by atoms with Crippen LogP contribution in [0.4, 0.5) is 17.1 Å². The summed E-state index contributed by atoms with van der Waals surface area (Å²) in [6.07, 6.45) is 2.69. The molecule has 0 bridgehead atoms. The number of nitrogens with two attached hydrogens (primary N) is 1. The van der Waals surface area contributed by atoms with Crippen molar-refractivity contribution in [3.8, 4) is 0 Å². The number of anilines is 3. The number of nitrogens with one attached hydrogen (secondary N) is 1. The smallest absolute Gasteiger partial charge is 0.255 e. The van der Waals surface area contributed by atoms with E-state index in [9.17, 15) is 13.2 Å². The van der Waals surface area contributed by atoms with E-state index in [0.717, 1.165) is 24.0 Å². The van der Waals surface area contributed by atoms with Gasteiger partial charge in [-0.15, -0.1) is 0 Å². The van der Waals surface area contributed by atoms with Gasteiger partial charge in [0.2, 0.25) is 10.0 Å². The summed E-state index contributed by atoms with van der Waals surface area (Å²) in [6, 6.07) is 10.5. The van der Waals surface area contributed by atoms with Crippen LogP contribution >= 0.6 is 0 Å². The fraction of sp³-hybridized carbons (Fsp3) is 0.278. The van der Waals surface area contributed by atoms with E-state index in [4.69, 9.17) is 5.73 Å². The summed E-state index contributed by atoms with van der Waals surface area (Å²) in [5.41, 5.74) is 9.96. The molecule has 3 rings (SSSR count). The van der Waals surface area contributed by atoms with Gasteiger partial charge >= 0.3 is 0 Å². The van der Waals surface area contributed by atoms with Crippen molar-refractivity contribution in [3.63, 3.8) is 0 Å². The summed E-state index contributed by atoms with van der Waals surface area (Å²) in [5, 5.41) is 2.86. The third-order valence-electron chi connectivity index (χ3n) is 4.33. The molecular weight excluding hydrogens is 338 g/mol. The second-order valence-electron chi connectivity index (χ2n) is 6.31. The number of hydrogen-bond donors (Lipinski definition) is 2. The Hall–Kier alpha value is -2.54. The number of nitrogens with zero attached hydrogens (tertiary/aromatic N) is 1. The molecule has 0 spiro atoms. The molecule has 25 heavy (non-hydrogen) atoms. The molecule has 0 saturated heterocycles. The van der Waals surface area contributed by atoms with Crippen LogP contribution < -0.4 is 15.4 Å². The predicted octanol–water partition coefficient (Wildman–Crippen LogP) is 2.54. The van der Waals surface area contributed by atoms with Crippen molar-refractivity contribution in [1.29, 1.82) is 0 Å². The lowest BCUT2D eigenvalue weighted by Crippen LogP contribution is -2.34. The molecule has 2 aromatic rings. The minimum atomic E-state index is -3.31. The number of nitrogen functional groups attached to an aromatic ring is 1. The van der Waals surface area contributed by atoms with E-state index in [1.807, 2.05) is 13.0 Å². The fourth-order valence-corrected chi connectivity index (χ4v) is 4.01. The van der Waals surface area contributed by atoms with Gasteiger partial charge in [0.15, 0.2) is 0 Å². The maximum atomic E-state index is 12.6. The number of rotatable bonds is 3. The molecule has 1 amide bonds. The lowest BCUT2D eigenvalue weighted by Gasteiger charge is -2.29. The van der Waals surface area contributed by atoms with Crippen molar-refractivity contribution in [2.24, 2.45) is 0 Å². The monoisotopic (exact) mass is 359 g/mol. The van der Waals surface area contributed by atoms with E-state index in [2.05, 4.69) is 5.32 Å². The Morgan fingerprint density at radius 2 is 1.96 bits per heavy atom. The van der Waals surface area contributed by atoms with Crippen LogP contribution in [0.1, 0.15) is 27.9 Å². The van der Waals surface area contributed by atoms with Gasteiger partial charge < -0.3 is 11.1 Å². The van der Waals surface area contributed by atoms with Crippen LogP contribution in [0.25, 0.3) is 0 Å². The molecule has 0 radical (unpaired) electrons. The molecule has 0 saturated carbocycles. The predicted molar refractivity (Wildman–Crippen MR) is 100 cm³/mol. The number of amides is 1. The number of carbonyl (C=O) groups excluding carboxylic acids is 1. The van der Waals surface area contributed by atoms with Gasteiger partial charge in [0.1, 0.15) is 0 Å². The zero-order chi connectivity index (χ0) is 18.2. The molecule has 0 atom stereocenters. The SMILES string of the molecule is Cc1ccc(N)cc1NC(=O)c1ccc2c(c1)CCCN2S(C)(=O)=O. The van der Waals surface area contributed by atoms with Gasteiger partial charge in [0, 0.05) is 23.5 Å². The molecule has 0 fully saturated rings. The molecule has 1 aliphatic rings. The molecule has 6 nitrogen and oxygen atoms in total. The van der Waals surface area contributed by atoms with Gasteiger partial charge in [-0.05, 0) is 61.2 Å². The largest absolute Gasteiger partial charge is 0.399 e. The first-order chi connectivity index (χ1) is 11.8. The highest BCUT2D eigenvalue weighted by Crippen LogP contribution is 2.30. The second kappa shape index (κ2) is 6.40. The summed E-state index contributed by atoms with van der Waals surface area (Å²) in [6.45, 7) is 2.37. The summed E-state index contributed by atoms with van der Waals surface area (Å²) in [4.78, 5) is 12.6. The van der Waals surface area contributed by atoms with Gasteiger partial charge in [0.05, 0.1) is 11.9 Å². The van der Waals surface area contributed by atoms with Gasteiger partial charge in [-0.1, -0.05) is 6.07 Å². The number of aryl methyl sites for hydroxylation is 2. The molecule has 7 heteroatoms. The number of sulfonamides is 1. The van der Waals surface area contributed by atoms with Crippen molar-refractivity contribution in [3.05, 3.63) is 53.1 Å². The minimum Gasteiger partial charge on any atom is -0.399 e. The van der Waals surface area contributed by atoms with E-state index in [1.165, 1.54) is 10.6 Å². The molecule has 1 heterocycles. The van der Waals surface area contributed by atoms with Gasteiger partial charge in [-0.3, -0.25) is 9.10 Å². The van der Waals surface area contributed by atoms with Crippen LogP contribution in [0.15, 0.2) is 36.4 Å².